The number of nitrogens with zero attached hydrogens (tertiary/aromatic N) is 1. The molecule has 3 heteroatoms. The van der Waals surface area contributed by atoms with Crippen LogP contribution < -0.4 is 5.32 Å². The van der Waals surface area contributed by atoms with Crippen molar-refractivity contribution in [1.29, 1.82) is 0 Å². The molecule has 0 saturated heterocycles. The summed E-state index contributed by atoms with van der Waals surface area (Å²) in [4.78, 5) is 2.59. The van der Waals surface area contributed by atoms with Gasteiger partial charge in [-0.15, -0.1) is 0 Å². The highest BCUT2D eigenvalue weighted by Crippen LogP contribution is 2.32. The Hall–Kier alpha value is -1.06. The first-order valence-corrected chi connectivity index (χ1v) is 8.07. The first-order valence-electron chi connectivity index (χ1n) is 8.07. The summed E-state index contributed by atoms with van der Waals surface area (Å²) in [6.07, 6.45) is 6.31. The van der Waals surface area contributed by atoms with Crippen molar-refractivity contribution in [2.45, 2.75) is 51.1 Å². The lowest BCUT2D eigenvalue weighted by molar-refractivity contribution is 0.270. The zero-order valence-electron chi connectivity index (χ0n) is 12.4. The maximum atomic E-state index is 9.60. The number of benzene rings is 1. The Labute approximate surface area is 122 Å². The molecule has 2 aliphatic rings. The van der Waals surface area contributed by atoms with Gasteiger partial charge in [-0.1, -0.05) is 13.0 Å². The summed E-state index contributed by atoms with van der Waals surface area (Å²) in [5, 5.41) is 13.3. The van der Waals surface area contributed by atoms with Crippen LogP contribution in [0.25, 0.3) is 0 Å². The number of aryl methyl sites for hydroxylation is 1. The van der Waals surface area contributed by atoms with Crippen molar-refractivity contribution in [3.8, 4) is 5.75 Å². The summed E-state index contributed by atoms with van der Waals surface area (Å²) >= 11 is 0. The van der Waals surface area contributed by atoms with Crippen LogP contribution in [0.1, 0.15) is 49.8 Å². The molecule has 1 fully saturated rings. The molecule has 0 heterocycles. The SMILES string of the molecule is CCN(CCNC1CCCc2cc(O)ccc21)C1CC1. The van der Waals surface area contributed by atoms with Crippen LogP contribution in [0.2, 0.25) is 0 Å². The van der Waals surface area contributed by atoms with E-state index >= 15 is 0 Å². The molecule has 20 heavy (non-hydrogen) atoms. The van der Waals surface area contributed by atoms with Crippen molar-refractivity contribution in [2.24, 2.45) is 0 Å². The van der Waals surface area contributed by atoms with Gasteiger partial charge in [0.1, 0.15) is 5.75 Å². The molecule has 0 aliphatic heterocycles. The standard InChI is InChI=1S/C17H26N2O/c1-2-19(14-6-7-14)11-10-18-17-5-3-4-13-12-15(20)8-9-16(13)17/h8-9,12,14,17-18,20H,2-7,10-11H2,1H3. The predicted octanol–water partition coefficient (Wildman–Crippen LogP) is 2.84. The molecule has 1 aromatic carbocycles. The Bertz CT molecular complexity index is 456. The van der Waals surface area contributed by atoms with Gasteiger partial charge in [-0.2, -0.15) is 0 Å². The second-order valence-corrected chi connectivity index (χ2v) is 6.14. The summed E-state index contributed by atoms with van der Waals surface area (Å²) in [6, 6.07) is 7.18. The first kappa shape index (κ1) is 13.9. The van der Waals surface area contributed by atoms with Crippen LogP contribution in [-0.4, -0.2) is 35.7 Å². The van der Waals surface area contributed by atoms with E-state index in [1.807, 2.05) is 12.1 Å². The summed E-state index contributed by atoms with van der Waals surface area (Å²) in [7, 11) is 0. The highest BCUT2D eigenvalue weighted by molar-refractivity contribution is 5.38. The van der Waals surface area contributed by atoms with E-state index in [9.17, 15) is 5.11 Å². The van der Waals surface area contributed by atoms with Crippen LogP contribution in [0, 0.1) is 0 Å². The third kappa shape index (κ3) is 3.15. The highest BCUT2D eigenvalue weighted by Gasteiger charge is 2.27. The number of phenols is 1. The summed E-state index contributed by atoms with van der Waals surface area (Å²) in [6.45, 7) is 5.65. The van der Waals surface area contributed by atoms with Gasteiger partial charge in [-0.25, -0.2) is 0 Å². The monoisotopic (exact) mass is 274 g/mol. The predicted molar refractivity (Wildman–Crippen MR) is 82.1 cm³/mol. The number of nitrogens with one attached hydrogen (secondary N) is 1. The van der Waals surface area contributed by atoms with Gasteiger partial charge in [0.2, 0.25) is 0 Å². The Kier molecular flexibility index (Phi) is 4.27. The smallest absolute Gasteiger partial charge is 0.115 e. The van der Waals surface area contributed by atoms with E-state index in [4.69, 9.17) is 0 Å². The van der Waals surface area contributed by atoms with Gasteiger partial charge in [-0.3, -0.25) is 4.90 Å². The van der Waals surface area contributed by atoms with Gasteiger partial charge < -0.3 is 10.4 Å². The van der Waals surface area contributed by atoms with Crippen molar-refractivity contribution >= 4 is 0 Å². The third-order valence-electron chi connectivity index (χ3n) is 4.70. The molecular formula is C17H26N2O. The lowest BCUT2D eigenvalue weighted by atomic mass is 9.87. The lowest BCUT2D eigenvalue weighted by Gasteiger charge is -2.28. The van der Waals surface area contributed by atoms with Crippen molar-refractivity contribution in [3.05, 3.63) is 29.3 Å². The van der Waals surface area contributed by atoms with Gasteiger partial charge >= 0.3 is 0 Å². The number of rotatable bonds is 6. The minimum atomic E-state index is 0.398. The highest BCUT2D eigenvalue weighted by atomic mass is 16.3. The average molecular weight is 274 g/mol. The maximum absolute atomic E-state index is 9.60. The average Bonchev–Trinajstić information content (AvgIpc) is 3.28. The van der Waals surface area contributed by atoms with E-state index in [0.29, 0.717) is 11.8 Å². The van der Waals surface area contributed by atoms with Crippen molar-refractivity contribution in [3.63, 3.8) is 0 Å². The number of fused-ring (bicyclic) bond motifs is 1. The molecule has 1 atom stereocenters. The van der Waals surface area contributed by atoms with Crippen LogP contribution in [0.5, 0.6) is 5.75 Å². The van der Waals surface area contributed by atoms with Gasteiger partial charge in [0.15, 0.2) is 0 Å². The molecule has 3 nitrogen and oxygen atoms in total. The largest absolute Gasteiger partial charge is 0.508 e. The molecule has 1 unspecified atom stereocenters. The molecule has 0 amide bonds. The lowest BCUT2D eigenvalue weighted by Crippen LogP contribution is -2.36. The molecule has 0 bridgehead atoms. The van der Waals surface area contributed by atoms with Crippen LogP contribution >= 0.6 is 0 Å². The second-order valence-electron chi connectivity index (χ2n) is 6.14. The van der Waals surface area contributed by atoms with Crippen LogP contribution in [0.3, 0.4) is 0 Å². The molecule has 0 aromatic heterocycles. The zero-order valence-corrected chi connectivity index (χ0v) is 12.4. The molecule has 2 N–H and O–H groups in total. The fraction of sp³-hybridized carbons (Fsp3) is 0.647. The minimum Gasteiger partial charge on any atom is -0.508 e. The van der Waals surface area contributed by atoms with Crippen LogP contribution in [0.4, 0.5) is 0 Å². The van der Waals surface area contributed by atoms with E-state index in [0.717, 1.165) is 25.6 Å². The van der Waals surface area contributed by atoms with Gasteiger partial charge in [0.05, 0.1) is 0 Å². The molecular weight excluding hydrogens is 248 g/mol. The normalized spacial score (nSPS) is 22.0. The maximum Gasteiger partial charge on any atom is 0.115 e. The van der Waals surface area contributed by atoms with Crippen LogP contribution in [0.15, 0.2) is 18.2 Å². The molecule has 1 saturated carbocycles. The van der Waals surface area contributed by atoms with Crippen molar-refractivity contribution < 1.29 is 5.11 Å². The molecule has 2 aliphatic carbocycles. The molecule has 0 spiro atoms. The van der Waals surface area contributed by atoms with E-state index in [1.54, 1.807) is 0 Å². The Morgan fingerprint density at radius 1 is 1.30 bits per heavy atom. The number of aromatic hydroxyl groups is 1. The summed E-state index contributed by atoms with van der Waals surface area (Å²) in [5.41, 5.74) is 2.71. The summed E-state index contributed by atoms with van der Waals surface area (Å²) < 4.78 is 0. The van der Waals surface area contributed by atoms with E-state index in [1.165, 1.54) is 43.4 Å². The Balaban J connectivity index is 1.56. The van der Waals surface area contributed by atoms with Gasteiger partial charge in [-0.05, 0) is 61.9 Å². The second kappa shape index (κ2) is 6.15. The number of hydrogen-bond donors (Lipinski definition) is 2. The van der Waals surface area contributed by atoms with E-state index < -0.39 is 0 Å². The third-order valence-corrected chi connectivity index (χ3v) is 4.70. The molecule has 3 rings (SSSR count). The van der Waals surface area contributed by atoms with E-state index in [-0.39, 0.29) is 0 Å². The topological polar surface area (TPSA) is 35.5 Å². The zero-order chi connectivity index (χ0) is 13.9. The minimum absolute atomic E-state index is 0.398. The fourth-order valence-corrected chi connectivity index (χ4v) is 3.43. The molecule has 0 radical (unpaired) electrons. The van der Waals surface area contributed by atoms with E-state index in [2.05, 4.69) is 23.2 Å². The van der Waals surface area contributed by atoms with Gasteiger partial charge in [0.25, 0.3) is 0 Å². The number of hydrogen-bond acceptors (Lipinski definition) is 3. The van der Waals surface area contributed by atoms with Crippen LogP contribution in [-0.2, 0) is 6.42 Å². The quantitative estimate of drug-likeness (QED) is 0.837. The van der Waals surface area contributed by atoms with Gasteiger partial charge in [0, 0.05) is 25.2 Å². The van der Waals surface area contributed by atoms with Crippen molar-refractivity contribution in [2.75, 3.05) is 19.6 Å². The van der Waals surface area contributed by atoms with Crippen molar-refractivity contribution in [1.82, 2.24) is 10.2 Å². The fourth-order valence-electron chi connectivity index (χ4n) is 3.43. The number of likely N-dealkylation sites (N-methyl/N-ethyl adjacent to an activating group) is 1. The number of phenolic OH excluding ortho intramolecular Hbond substituents is 1. The molecule has 1 aromatic rings. The Morgan fingerprint density at radius 2 is 2.15 bits per heavy atom. The first-order chi connectivity index (χ1) is 9.78. The summed E-state index contributed by atoms with van der Waals surface area (Å²) in [5.74, 6) is 0.398. The Morgan fingerprint density at radius 3 is 2.90 bits per heavy atom. The molecule has 110 valence electrons.